The van der Waals surface area contributed by atoms with E-state index in [1.165, 1.54) is 0 Å². The number of amides is 2. The fourth-order valence-corrected chi connectivity index (χ4v) is 3.20. The zero-order valence-electron chi connectivity index (χ0n) is 13.1. The minimum atomic E-state index is 0. The molecule has 7 heteroatoms. The molecule has 0 saturated carbocycles. The van der Waals surface area contributed by atoms with Gasteiger partial charge in [-0.15, -0.1) is 12.4 Å². The average Bonchev–Trinajstić information content (AvgIpc) is 3.05. The van der Waals surface area contributed by atoms with Crippen LogP contribution in [0, 0.1) is 13.8 Å². The SMILES string of the molecule is Cc1cccc2c1OCC1CN(Cc3nc[nH]c3C)C(=O)N21.Cl. The van der Waals surface area contributed by atoms with Gasteiger partial charge in [0, 0.05) is 12.2 Å². The maximum absolute atomic E-state index is 12.8. The Balaban J connectivity index is 0.00000156. The number of carbonyl (C=O) groups is 1. The lowest BCUT2D eigenvalue weighted by Gasteiger charge is -2.31. The van der Waals surface area contributed by atoms with Crippen molar-refractivity contribution in [1.29, 1.82) is 0 Å². The molecule has 2 aliphatic heterocycles. The van der Waals surface area contributed by atoms with Crippen LogP contribution in [0.1, 0.15) is 17.0 Å². The van der Waals surface area contributed by atoms with E-state index in [0.717, 1.165) is 28.4 Å². The number of ether oxygens (including phenoxy) is 1. The third-order valence-corrected chi connectivity index (χ3v) is 4.42. The lowest BCUT2D eigenvalue weighted by Crippen LogP contribution is -2.41. The molecule has 6 nitrogen and oxygen atoms in total. The molecule has 2 aliphatic rings. The number of hydrogen-bond donors (Lipinski definition) is 1. The number of para-hydroxylation sites is 1. The lowest BCUT2D eigenvalue weighted by molar-refractivity contribution is 0.218. The Labute approximate surface area is 140 Å². The summed E-state index contributed by atoms with van der Waals surface area (Å²) in [5, 5.41) is 0. The number of nitrogens with zero attached hydrogens (tertiary/aromatic N) is 3. The molecule has 0 aliphatic carbocycles. The number of aromatic amines is 1. The number of hydrogen-bond acceptors (Lipinski definition) is 3. The van der Waals surface area contributed by atoms with Crippen LogP contribution in [0.5, 0.6) is 5.75 Å². The summed E-state index contributed by atoms with van der Waals surface area (Å²) in [5.74, 6) is 0.824. The molecule has 2 amide bonds. The van der Waals surface area contributed by atoms with Crippen LogP contribution >= 0.6 is 12.4 Å². The number of benzene rings is 1. The highest BCUT2D eigenvalue weighted by Gasteiger charge is 2.42. The summed E-state index contributed by atoms with van der Waals surface area (Å²) < 4.78 is 5.88. The molecule has 1 aromatic heterocycles. The highest BCUT2D eigenvalue weighted by atomic mass is 35.5. The van der Waals surface area contributed by atoms with Gasteiger partial charge < -0.3 is 14.6 Å². The molecule has 3 heterocycles. The molecule has 1 atom stereocenters. The van der Waals surface area contributed by atoms with E-state index in [4.69, 9.17) is 4.74 Å². The van der Waals surface area contributed by atoms with Gasteiger partial charge in [0.25, 0.3) is 0 Å². The average molecular weight is 335 g/mol. The molecular formula is C16H19ClN4O2. The summed E-state index contributed by atoms with van der Waals surface area (Å²) in [6.45, 7) is 5.71. The Morgan fingerprint density at radius 2 is 2.22 bits per heavy atom. The first-order valence-corrected chi connectivity index (χ1v) is 7.44. The summed E-state index contributed by atoms with van der Waals surface area (Å²) in [6, 6.07) is 6.03. The van der Waals surface area contributed by atoms with Gasteiger partial charge in [-0.3, -0.25) is 4.90 Å². The highest BCUT2D eigenvalue weighted by molar-refractivity contribution is 5.97. The summed E-state index contributed by atoms with van der Waals surface area (Å²) in [7, 11) is 0. The second-order valence-corrected chi connectivity index (χ2v) is 5.90. The minimum Gasteiger partial charge on any atom is -0.489 e. The van der Waals surface area contributed by atoms with E-state index in [-0.39, 0.29) is 24.5 Å². The van der Waals surface area contributed by atoms with Gasteiger partial charge in [0.1, 0.15) is 12.4 Å². The fourth-order valence-electron chi connectivity index (χ4n) is 3.20. The molecule has 0 radical (unpaired) electrons. The third-order valence-electron chi connectivity index (χ3n) is 4.42. The molecule has 1 saturated heterocycles. The van der Waals surface area contributed by atoms with Gasteiger partial charge in [0.05, 0.1) is 30.3 Å². The zero-order chi connectivity index (χ0) is 15.3. The van der Waals surface area contributed by atoms with Crippen LogP contribution in [0.3, 0.4) is 0 Å². The van der Waals surface area contributed by atoms with E-state index in [9.17, 15) is 4.79 Å². The van der Waals surface area contributed by atoms with Gasteiger partial charge in [0.2, 0.25) is 0 Å². The van der Waals surface area contributed by atoms with Crippen molar-refractivity contribution >= 4 is 24.1 Å². The number of halogens is 1. The lowest BCUT2D eigenvalue weighted by atomic mass is 10.1. The van der Waals surface area contributed by atoms with Crippen LogP contribution in [0.4, 0.5) is 10.5 Å². The monoisotopic (exact) mass is 334 g/mol. The Kier molecular flexibility index (Phi) is 3.93. The molecule has 0 spiro atoms. The zero-order valence-corrected chi connectivity index (χ0v) is 13.9. The first kappa shape index (κ1) is 15.7. The Morgan fingerprint density at radius 3 is 2.96 bits per heavy atom. The van der Waals surface area contributed by atoms with E-state index < -0.39 is 0 Å². The molecule has 1 N–H and O–H groups in total. The topological polar surface area (TPSA) is 61.5 Å². The van der Waals surface area contributed by atoms with Crippen LogP contribution in [0.2, 0.25) is 0 Å². The predicted octanol–water partition coefficient (Wildman–Crippen LogP) is 2.65. The highest BCUT2D eigenvalue weighted by Crippen LogP contribution is 2.39. The van der Waals surface area contributed by atoms with E-state index >= 15 is 0 Å². The normalized spacial score (nSPS) is 19.0. The fraction of sp³-hybridized carbons (Fsp3) is 0.375. The second kappa shape index (κ2) is 5.77. The van der Waals surface area contributed by atoms with Gasteiger partial charge in [-0.1, -0.05) is 12.1 Å². The largest absolute Gasteiger partial charge is 0.489 e. The van der Waals surface area contributed by atoms with Crippen molar-refractivity contribution in [3.05, 3.63) is 41.5 Å². The summed E-state index contributed by atoms with van der Waals surface area (Å²) in [5.41, 5.74) is 3.86. The van der Waals surface area contributed by atoms with Crippen molar-refractivity contribution in [3.63, 3.8) is 0 Å². The van der Waals surface area contributed by atoms with Crippen molar-refractivity contribution in [2.45, 2.75) is 26.4 Å². The number of carbonyl (C=O) groups excluding carboxylic acids is 1. The Bertz CT molecular complexity index is 745. The van der Waals surface area contributed by atoms with Crippen LogP contribution in [-0.2, 0) is 6.54 Å². The summed E-state index contributed by atoms with van der Waals surface area (Å²) in [6.07, 6.45) is 1.67. The molecule has 1 fully saturated rings. The molecule has 23 heavy (non-hydrogen) atoms. The van der Waals surface area contributed by atoms with Gasteiger partial charge in [-0.2, -0.15) is 0 Å². The summed E-state index contributed by atoms with van der Waals surface area (Å²) in [4.78, 5) is 23.9. The van der Waals surface area contributed by atoms with Gasteiger partial charge >= 0.3 is 6.03 Å². The maximum atomic E-state index is 12.8. The number of fused-ring (bicyclic) bond motifs is 3. The molecule has 122 valence electrons. The van der Waals surface area contributed by atoms with Gasteiger partial charge in [-0.05, 0) is 25.5 Å². The Morgan fingerprint density at radius 1 is 1.39 bits per heavy atom. The molecule has 1 unspecified atom stereocenters. The van der Waals surface area contributed by atoms with Crippen LogP contribution in [0.15, 0.2) is 24.5 Å². The molecule has 0 bridgehead atoms. The standard InChI is InChI=1S/C16H18N4O2.ClH/c1-10-4-3-5-14-15(10)22-8-12-6-19(16(21)20(12)14)7-13-11(2)17-9-18-13;/h3-5,9,12H,6-8H2,1-2H3,(H,17,18);1H. The predicted molar refractivity (Wildman–Crippen MR) is 89.3 cm³/mol. The number of H-pyrrole nitrogens is 1. The minimum absolute atomic E-state index is 0. The molecule has 1 aromatic carbocycles. The molecule has 4 rings (SSSR count). The number of anilines is 1. The molecule has 2 aromatic rings. The third kappa shape index (κ3) is 2.43. The van der Waals surface area contributed by atoms with E-state index in [2.05, 4.69) is 9.97 Å². The summed E-state index contributed by atoms with van der Waals surface area (Å²) >= 11 is 0. The van der Waals surface area contributed by atoms with Crippen molar-refractivity contribution < 1.29 is 9.53 Å². The number of nitrogens with one attached hydrogen (secondary N) is 1. The van der Waals surface area contributed by atoms with E-state index in [1.807, 2.05) is 41.8 Å². The van der Waals surface area contributed by atoms with Crippen molar-refractivity contribution in [2.75, 3.05) is 18.1 Å². The number of rotatable bonds is 2. The second-order valence-electron chi connectivity index (χ2n) is 5.90. The number of aryl methyl sites for hydroxylation is 2. The first-order valence-electron chi connectivity index (χ1n) is 7.44. The first-order chi connectivity index (χ1) is 10.6. The maximum Gasteiger partial charge on any atom is 0.325 e. The van der Waals surface area contributed by atoms with Gasteiger partial charge in [-0.25, -0.2) is 9.78 Å². The quantitative estimate of drug-likeness (QED) is 0.918. The van der Waals surface area contributed by atoms with Crippen molar-refractivity contribution in [1.82, 2.24) is 14.9 Å². The van der Waals surface area contributed by atoms with E-state index in [0.29, 0.717) is 19.7 Å². The van der Waals surface area contributed by atoms with E-state index in [1.54, 1.807) is 6.33 Å². The van der Waals surface area contributed by atoms with Crippen LogP contribution in [-0.4, -0.2) is 40.1 Å². The Hall–Kier alpha value is -2.21. The van der Waals surface area contributed by atoms with Crippen molar-refractivity contribution in [2.24, 2.45) is 0 Å². The molecular weight excluding hydrogens is 316 g/mol. The number of urea groups is 1. The van der Waals surface area contributed by atoms with Crippen LogP contribution in [0.25, 0.3) is 0 Å². The van der Waals surface area contributed by atoms with Gasteiger partial charge in [0.15, 0.2) is 0 Å². The number of imidazole rings is 1. The number of aromatic nitrogens is 2. The van der Waals surface area contributed by atoms with Crippen LogP contribution < -0.4 is 9.64 Å². The smallest absolute Gasteiger partial charge is 0.325 e. The van der Waals surface area contributed by atoms with Crippen molar-refractivity contribution in [3.8, 4) is 5.75 Å².